The highest BCUT2D eigenvalue weighted by Crippen LogP contribution is 2.21. The Bertz CT molecular complexity index is 2040. The fourth-order valence-electron chi connectivity index (χ4n) is 6.91. The molecule has 0 aliphatic carbocycles. The summed E-state index contributed by atoms with van der Waals surface area (Å²) in [6.45, 7) is 0.627. The van der Waals surface area contributed by atoms with Crippen LogP contribution in [-0.4, -0.2) is 122 Å². The Morgan fingerprint density at radius 2 is 1.50 bits per heavy atom. The van der Waals surface area contributed by atoms with Crippen LogP contribution in [0.15, 0.2) is 59.7 Å². The van der Waals surface area contributed by atoms with Crippen LogP contribution < -0.4 is 37.7 Å². The average molecular weight is 806 g/mol. The molecule has 2 saturated heterocycles. The number of nitrogens with one attached hydrogen (secondary N) is 7. The van der Waals surface area contributed by atoms with E-state index >= 15 is 0 Å². The monoisotopic (exact) mass is 805 g/mol. The van der Waals surface area contributed by atoms with E-state index in [4.69, 9.17) is 5.73 Å². The molecule has 6 atom stereocenters. The Balaban J connectivity index is 1.52. The normalized spacial score (nSPS) is 24.1. The molecule has 5 rings (SSSR count). The van der Waals surface area contributed by atoms with Crippen molar-refractivity contribution >= 4 is 52.3 Å². The van der Waals surface area contributed by atoms with Crippen molar-refractivity contribution in [3.63, 3.8) is 0 Å². The van der Waals surface area contributed by atoms with Gasteiger partial charge in [0.05, 0.1) is 6.61 Å². The second kappa shape index (κ2) is 19.4. The standard InChI is InChI=1S/C37H47N11O10/c1-20-36(56)47-15-5-9-30(47)35(55)45-29(19-49)34(54)44-28(17-22-18-40-25-7-3-2-6-24(22)25)33(53)42-26(8-4-14-39-37(38)46-48(57)58)31(51)43-27(32(52)41-20)16-21-10-12-23(50)13-11-21/h2-3,6-7,10-13,18,20,26-30,40,49-50H,4-5,8-9,14-17,19H2,1H3,(H,41,52)(H,42,53)(H,43,51)(H,44,54)(H,45,55)(H3,38,39,46)/t20-,26-,27-,28-,29-,30+/m0/s1. The van der Waals surface area contributed by atoms with Crippen LogP contribution in [0.2, 0.25) is 0 Å². The predicted molar refractivity (Wildman–Crippen MR) is 207 cm³/mol. The summed E-state index contributed by atoms with van der Waals surface area (Å²) in [7, 11) is 0. The fourth-order valence-corrected chi connectivity index (χ4v) is 6.91. The summed E-state index contributed by atoms with van der Waals surface area (Å²) >= 11 is 0. The second-order valence-electron chi connectivity index (χ2n) is 14.1. The van der Waals surface area contributed by atoms with Crippen molar-refractivity contribution in [2.75, 3.05) is 19.7 Å². The van der Waals surface area contributed by atoms with Crippen molar-refractivity contribution in [3.05, 3.63) is 76.0 Å². The predicted octanol–water partition coefficient (Wildman–Crippen LogP) is -2.02. The number of aromatic amines is 1. The van der Waals surface area contributed by atoms with Gasteiger partial charge in [0.2, 0.25) is 35.4 Å². The number of hydrogen-bond acceptors (Lipinski definition) is 11. The van der Waals surface area contributed by atoms with E-state index in [2.05, 4.69) is 36.6 Å². The number of para-hydroxylation sites is 1. The van der Waals surface area contributed by atoms with Gasteiger partial charge in [-0.05, 0) is 61.9 Å². The molecule has 0 radical (unpaired) electrons. The zero-order valence-electron chi connectivity index (χ0n) is 31.6. The van der Waals surface area contributed by atoms with Crippen molar-refractivity contribution in [1.29, 1.82) is 0 Å². The van der Waals surface area contributed by atoms with Crippen molar-refractivity contribution in [1.82, 2.24) is 41.9 Å². The number of nitrogens with two attached hydrogens (primary N) is 1. The number of aromatic hydroxyl groups is 1. The third kappa shape index (κ3) is 11.0. The van der Waals surface area contributed by atoms with Crippen molar-refractivity contribution in [2.45, 2.75) is 81.7 Å². The van der Waals surface area contributed by atoms with E-state index in [0.29, 0.717) is 17.5 Å². The number of benzene rings is 2. The van der Waals surface area contributed by atoms with E-state index in [1.807, 2.05) is 18.2 Å². The molecule has 3 heterocycles. The number of fused-ring (bicyclic) bond motifs is 2. The summed E-state index contributed by atoms with van der Waals surface area (Å²) in [5.41, 5.74) is 9.14. The van der Waals surface area contributed by atoms with Crippen LogP contribution in [0, 0.1) is 10.1 Å². The molecule has 310 valence electrons. The third-order valence-corrected chi connectivity index (χ3v) is 9.90. The van der Waals surface area contributed by atoms with Gasteiger partial charge >= 0.3 is 0 Å². The molecular weight excluding hydrogens is 758 g/mol. The number of hydrogen-bond donors (Lipinski definition) is 10. The number of hydrazine groups is 1. The molecule has 21 heteroatoms. The Morgan fingerprint density at radius 3 is 2.21 bits per heavy atom. The number of rotatable bonds is 10. The highest BCUT2D eigenvalue weighted by molar-refractivity contribution is 5.98. The molecule has 0 saturated carbocycles. The number of nitrogens with zero attached hydrogens (tertiary/aromatic N) is 3. The first kappa shape index (κ1) is 42.4. The SMILES string of the molecule is C[C@@H]1NC(=O)[C@H](Cc2ccc(O)cc2)NC(=O)[C@H](CCCN=C(N)N[N+](=O)[O-])NC(=O)[C@H](Cc2c[nH]c3ccccc23)NC(=O)[C@H](CO)NC(=O)[C@H]2CCCN2C1=O. The molecule has 1 aromatic heterocycles. The topological polar surface area (TPSA) is 316 Å². The number of nitro groups is 1. The quantitative estimate of drug-likeness (QED) is 0.0349. The summed E-state index contributed by atoms with van der Waals surface area (Å²) in [4.78, 5) is 102. The molecule has 6 amide bonds. The molecule has 3 aromatic rings. The third-order valence-electron chi connectivity index (χ3n) is 9.90. The molecule has 2 aromatic carbocycles. The number of H-pyrrole nitrogens is 1. The largest absolute Gasteiger partial charge is 0.508 e. The van der Waals surface area contributed by atoms with Crippen LogP contribution in [-0.2, 0) is 41.6 Å². The summed E-state index contributed by atoms with van der Waals surface area (Å²) in [5, 5.41) is 43.8. The minimum Gasteiger partial charge on any atom is -0.508 e. The van der Waals surface area contributed by atoms with E-state index in [0.717, 1.165) is 10.9 Å². The number of aliphatic hydroxyl groups excluding tert-OH is 1. The van der Waals surface area contributed by atoms with Gasteiger partial charge < -0.3 is 52.4 Å². The van der Waals surface area contributed by atoms with Gasteiger partial charge in [-0.2, -0.15) is 0 Å². The Kier molecular flexibility index (Phi) is 14.2. The van der Waals surface area contributed by atoms with Crippen LogP contribution >= 0.6 is 0 Å². The van der Waals surface area contributed by atoms with Gasteiger partial charge in [0.25, 0.3) is 5.96 Å². The number of phenols is 1. The highest BCUT2D eigenvalue weighted by Gasteiger charge is 2.39. The van der Waals surface area contributed by atoms with Crippen LogP contribution in [0.3, 0.4) is 0 Å². The van der Waals surface area contributed by atoms with E-state index in [1.165, 1.54) is 24.0 Å². The number of phenolic OH excluding ortho intramolecular Hbond substituents is 1. The molecule has 11 N–H and O–H groups in total. The minimum absolute atomic E-state index is 0.0376. The number of aliphatic hydroxyl groups is 1. The number of guanidine groups is 1. The minimum atomic E-state index is -1.53. The lowest BCUT2D eigenvalue weighted by Gasteiger charge is -2.30. The van der Waals surface area contributed by atoms with Crippen LogP contribution in [0.5, 0.6) is 5.75 Å². The fraction of sp³-hybridized carbons (Fsp3) is 0.432. The number of aromatic nitrogens is 1. The van der Waals surface area contributed by atoms with E-state index in [1.54, 1.807) is 29.8 Å². The van der Waals surface area contributed by atoms with Crippen molar-refractivity contribution in [3.8, 4) is 5.75 Å². The molecule has 0 bridgehead atoms. The summed E-state index contributed by atoms with van der Waals surface area (Å²) < 4.78 is 0. The molecular formula is C37H47N11O10. The van der Waals surface area contributed by atoms with Gasteiger partial charge in [-0.1, -0.05) is 35.8 Å². The molecule has 21 nitrogen and oxygen atoms in total. The zero-order chi connectivity index (χ0) is 41.9. The molecule has 2 aliphatic rings. The lowest BCUT2D eigenvalue weighted by atomic mass is 10.0. The average Bonchev–Trinajstić information content (AvgIpc) is 3.85. The Morgan fingerprint density at radius 1 is 0.879 bits per heavy atom. The number of amides is 6. The summed E-state index contributed by atoms with van der Waals surface area (Å²) in [6, 6.07) is 5.28. The maximum atomic E-state index is 14.2. The lowest BCUT2D eigenvalue weighted by molar-refractivity contribution is -0.525. The van der Waals surface area contributed by atoms with Gasteiger partial charge in [-0.15, -0.1) is 0 Å². The maximum absolute atomic E-state index is 14.2. The number of aliphatic imine (C=N–C) groups is 1. The Labute approximate surface area is 331 Å². The molecule has 2 fully saturated rings. The zero-order valence-corrected chi connectivity index (χ0v) is 31.6. The summed E-state index contributed by atoms with van der Waals surface area (Å²) in [5.74, 6) is -5.18. The highest BCUT2D eigenvalue weighted by atomic mass is 16.7. The van der Waals surface area contributed by atoms with Gasteiger partial charge in [-0.3, -0.25) is 28.8 Å². The first-order valence-corrected chi connectivity index (χ1v) is 18.7. The van der Waals surface area contributed by atoms with Gasteiger partial charge in [0, 0.05) is 43.0 Å². The van der Waals surface area contributed by atoms with E-state index in [-0.39, 0.29) is 50.9 Å². The van der Waals surface area contributed by atoms with Crippen molar-refractivity contribution in [2.24, 2.45) is 10.7 Å². The molecule has 2 aliphatic heterocycles. The molecule has 58 heavy (non-hydrogen) atoms. The first-order valence-electron chi connectivity index (χ1n) is 18.7. The molecule has 0 spiro atoms. The van der Waals surface area contributed by atoms with Crippen molar-refractivity contribution < 1.29 is 44.0 Å². The first-order chi connectivity index (χ1) is 27.7. The van der Waals surface area contributed by atoms with Gasteiger partial charge in [0.15, 0.2) is 5.03 Å². The number of carbonyl (C=O) groups excluding carboxylic acids is 6. The smallest absolute Gasteiger partial charge is 0.251 e. The lowest BCUT2D eigenvalue weighted by Crippen LogP contribution is -2.61. The second-order valence-corrected chi connectivity index (χ2v) is 14.1. The maximum Gasteiger partial charge on any atom is 0.251 e. The van der Waals surface area contributed by atoms with E-state index in [9.17, 15) is 49.1 Å². The van der Waals surface area contributed by atoms with E-state index < -0.39 is 89.3 Å². The summed E-state index contributed by atoms with van der Waals surface area (Å²) in [6.07, 6.45) is 2.05. The van der Waals surface area contributed by atoms with Gasteiger partial charge in [-0.25, -0.2) is 15.1 Å². The van der Waals surface area contributed by atoms with Crippen LogP contribution in [0.25, 0.3) is 10.9 Å². The number of carbonyl (C=O) groups is 6. The van der Waals surface area contributed by atoms with Crippen LogP contribution in [0.4, 0.5) is 0 Å². The molecule has 0 unspecified atom stereocenters. The van der Waals surface area contributed by atoms with Gasteiger partial charge in [0.1, 0.15) is 42.0 Å². The Hall–Kier alpha value is -6.77. The van der Waals surface area contributed by atoms with Crippen LogP contribution in [0.1, 0.15) is 43.7 Å².